The Kier molecular flexibility index (Phi) is 10.3. The Labute approximate surface area is 226 Å². The van der Waals surface area contributed by atoms with Crippen LogP contribution in [0.1, 0.15) is 38.3 Å². The van der Waals surface area contributed by atoms with Crippen molar-refractivity contribution in [2.24, 2.45) is 0 Å². The summed E-state index contributed by atoms with van der Waals surface area (Å²) in [6.45, 7) is 6.16. The van der Waals surface area contributed by atoms with E-state index >= 15 is 0 Å². The van der Waals surface area contributed by atoms with Crippen molar-refractivity contribution in [3.8, 4) is 0 Å². The van der Waals surface area contributed by atoms with Crippen LogP contribution in [0.2, 0.25) is 10.0 Å². The molecule has 202 valence electrons. The Morgan fingerprint density at radius 2 is 1.76 bits per heavy atom. The van der Waals surface area contributed by atoms with Gasteiger partial charge >= 0.3 is 0 Å². The van der Waals surface area contributed by atoms with Crippen molar-refractivity contribution < 1.29 is 22.9 Å². The van der Waals surface area contributed by atoms with Gasteiger partial charge in [0.25, 0.3) is 5.69 Å². The predicted molar refractivity (Wildman–Crippen MR) is 144 cm³/mol. The van der Waals surface area contributed by atoms with Crippen LogP contribution in [0.4, 0.5) is 11.4 Å². The molecule has 10 nitrogen and oxygen atoms in total. The van der Waals surface area contributed by atoms with E-state index in [0.29, 0.717) is 16.1 Å². The number of carbonyl (C=O) groups excluding carboxylic acids is 2. The van der Waals surface area contributed by atoms with E-state index < -0.39 is 39.3 Å². The molecular formula is C24H30Cl2N4O6S. The van der Waals surface area contributed by atoms with Crippen LogP contribution in [0.15, 0.2) is 36.4 Å². The smallest absolute Gasteiger partial charge is 0.271 e. The second-order valence-corrected chi connectivity index (χ2v) is 11.6. The fraction of sp³-hybridized carbons (Fsp3) is 0.417. The third-order valence-corrected chi connectivity index (χ3v) is 7.37. The minimum absolute atomic E-state index is 0.000724. The Hall–Kier alpha value is -2.89. The lowest BCUT2D eigenvalue weighted by molar-refractivity contribution is -0.384. The van der Waals surface area contributed by atoms with Crippen LogP contribution in [-0.2, 0) is 26.2 Å². The topological polar surface area (TPSA) is 130 Å². The van der Waals surface area contributed by atoms with Crippen LogP contribution >= 0.6 is 23.2 Å². The van der Waals surface area contributed by atoms with Crippen molar-refractivity contribution in [2.75, 3.05) is 17.1 Å². The molecular weight excluding hydrogens is 543 g/mol. The molecule has 13 heteroatoms. The Bertz CT molecular complexity index is 1290. The Morgan fingerprint density at radius 1 is 1.11 bits per heavy atom. The lowest BCUT2D eigenvalue weighted by atomic mass is 10.1. The summed E-state index contributed by atoms with van der Waals surface area (Å²) in [5, 5.41) is 14.7. The summed E-state index contributed by atoms with van der Waals surface area (Å²) in [4.78, 5) is 38.6. The average molecular weight is 573 g/mol. The molecule has 0 saturated carbocycles. The highest BCUT2D eigenvalue weighted by molar-refractivity contribution is 7.92. The van der Waals surface area contributed by atoms with E-state index in [1.165, 1.54) is 17.0 Å². The summed E-state index contributed by atoms with van der Waals surface area (Å²) in [7, 11) is -4.04. The van der Waals surface area contributed by atoms with Gasteiger partial charge in [0, 0.05) is 24.7 Å². The van der Waals surface area contributed by atoms with Crippen molar-refractivity contribution in [2.45, 2.75) is 52.7 Å². The zero-order valence-electron chi connectivity index (χ0n) is 21.2. The molecule has 0 aliphatic heterocycles. The molecule has 2 amide bonds. The number of nitrogens with one attached hydrogen (secondary N) is 1. The zero-order chi connectivity index (χ0) is 28.1. The van der Waals surface area contributed by atoms with Crippen molar-refractivity contribution in [3.63, 3.8) is 0 Å². The minimum Gasteiger partial charge on any atom is -0.352 e. The van der Waals surface area contributed by atoms with E-state index in [2.05, 4.69) is 5.32 Å². The molecule has 1 unspecified atom stereocenters. The third-order valence-electron chi connectivity index (χ3n) is 5.51. The summed E-state index contributed by atoms with van der Waals surface area (Å²) < 4.78 is 26.3. The number of nitro benzene ring substituents is 1. The first-order valence-corrected chi connectivity index (χ1v) is 14.0. The number of anilines is 1. The van der Waals surface area contributed by atoms with Crippen LogP contribution < -0.4 is 9.62 Å². The number of non-ortho nitro benzene ring substituents is 1. The number of hydrogen-bond donors (Lipinski definition) is 1. The van der Waals surface area contributed by atoms with Gasteiger partial charge in [-0.2, -0.15) is 0 Å². The highest BCUT2D eigenvalue weighted by Crippen LogP contribution is 2.28. The molecule has 0 aromatic heterocycles. The van der Waals surface area contributed by atoms with Crippen LogP contribution in [0.5, 0.6) is 0 Å². The Morgan fingerprint density at radius 3 is 2.27 bits per heavy atom. The van der Waals surface area contributed by atoms with Gasteiger partial charge in [-0.3, -0.25) is 24.0 Å². The molecule has 0 heterocycles. The van der Waals surface area contributed by atoms with Gasteiger partial charge in [0.15, 0.2) is 0 Å². The fourth-order valence-corrected chi connectivity index (χ4v) is 4.93. The summed E-state index contributed by atoms with van der Waals surface area (Å²) in [5.41, 5.74) is 0.678. The van der Waals surface area contributed by atoms with Crippen LogP contribution in [0.25, 0.3) is 0 Å². The molecule has 0 spiro atoms. The number of benzene rings is 2. The SMILES string of the molecule is CCC(C(=O)NC(C)C)N(Cc1ccc(Cl)c(Cl)c1)C(=O)CN(c1cc([N+](=O)[O-])ccc1C)S(C)(=O)=O. The molecule has 2 aromatic carbocycles. The van der Waals surface area contributed by atoms with Gasteiger partial charge in [-0.1, -0.05) is 42.3 Å². The minimum atomic E-state index is -4.04. The number of halogens is 2. The monoisotopic (exact) mass is 572 g/mol. The summed E-state index contributed by atoms with van der Waals surface area (Å²) in [6, 6.07) is 7.44. The van der Waals surface area contributed by atoms with Gasteiger partial charge in [-0.15, -0.1) is 0 Å². The van der Waals surface area contributed by atoms with E-state index in [1.807, 2.05) is 0 Å². The molecule has 0 radical (unpaired) electrons. The van der Waals surface area contributed by atoms with E-state index in [4.69, 9.17) is 23.2 Å². The summed E-state index contributed by atoms with van der Waals surface area (Å²) in [5.74, 6) is -1.07. The molecule has 0 aliphatic carbocycles. The molecule has 1 atom stereocenters. The molecule has 1 N–H and O–H groups in total. The van der Waals surface area contributed by atoms with Gasteiger partial charge < -0.3 is 10.2 Å². The van der Waals surface area contributed by atoms with Crippen molar-refractivity contribution in [1.82, 2.24) is 10.2 Å². The van der Waals surface area contributed by atoms with E-state index in [1.54, 1.807) is 45.9 Å². The number of nitro groups is 1. The highest BCUT2D eigenvalue weighted by atomic mass is 35.5. The van der Waals surface area contributed by atoms with Gasteiger partial charge in [-0.05, 0) is 50.5 Å². The number of sulfonamides is 1. The maximum atomic E-state index is 13.7. The Balaban J connectivity index is 2.55. The number of hydrogen-bond acceptors (Lipinski definition) is 6. The number of carbonyl (C=O) groups is 2. The fourth-order valence-electron chi connectivity index (χ4n) is 3.71. The van der Waals surface area contributed by atoms with Crippen LogP contribution in [-0.4, -0.2) is 54.9 Å². The van der Waals surface area contributed by atoms with Gasteiger partial charge in [0.05, 0.1) is 26.9 Å². The molecule has 2 aromatic rings. The molecule has 0 fully saturated rings. The second kappa shape index (κ2) is 12.6. The van der Waals surface area contributed by atoms with E-state index in [9.17, 15) is 28.1 Å². The van der Waals surface area contributed by atoms with Crippen molar-refractivity contribution in [3.05, 3.63) is 67.7 Å². The molecule has 37 heavy (non-hydrogen) atoms. The highest BCUT2D eigenvalue weighted by Gasteiger charge is 2.33. The number of aryl methyl sites for hydroxylation is 1. The van der Waals surface area contributed by atoms with Crippen LogP contribution in [0, 0.1) is 17.0 Å². The predicted octanol–water partition coefficient (Wildman–Crippen LogP) is 4.31. The molecule has 0 aliphatic rings. The van der Waals surface area contributed by atoms with Crippen molar-refractivity contribution >= 4 is 56.4 Å². The van der Waals surface area contributed by atoms with Gasteiger partial charge in [-0.25, -0.2) is 8.42 Å². The van der Waals surface area contributed by atoms with Gasteiger partial charge in [0.1, 0.15) is 12.6 Å². The van der Waals surface area contributed by atoms with Crippen molar-refractivity contribution in [1.29, 1.82) is 0 Å². The summed E-state index contributed by atoms with van der Waals surface area (Å²) >= 11 is 12.2. The lowest BCUT2D eigenvalue weighted by Crippen LogP contribution is -2.53. The van der Waals surface area contributed by atoms with E-state index in [0.717, 1.165) is 16.6 Å². The maximum Gasteiger partial charge on any atom is 0.271 e. The average Bonchev–Trinajstić information content (AvgIpc) is 2.78. The standard InChI is InChI=1S/C24H30Cl2N4O6S/c1-6-21(24(32)27-15(2)3)28(13-17-8-10-19(25)20(26)11-17)23(31)14-29(37(5,35)36)22-12-18(30(33)34)9-7-16(22)4/h7-12,15,21H,6,13-14H2,1-5H3,(H,27,32). The number of rotatable bonds is 11. The first-order valence-electron chi connectivity index (χ1n) is 11.4. The normalized spacial score (nSPS) is 12.2. The quantitative estimate of drug-likeness (QED) is 0.315. The maximum absolute atomic E-state index is 13.7. The first-order chi connectivity index (χ1) is 17.1. The number of amides is 2. The molecule has 0 saturated heterocycles. The van der Waals surface area contributed by atoms with E-state index in [-0.39, 0.29) is 35.4 Å². The zero-order valence-corrected chi connectivity index (χ0v) is 23.5. The third kappa shape index (κ3) is 8.05. The van der Waals surface area contributed by atoms with Gasteiger partial charge in [0.2, 0.25) is 21.8 Å². The lowest BCUT2D eigenvalue weighted by Gasteiger charge is -2.33. The first kappa shape index (κ1) is 30.3. The molecule has 0 bridgehead atoms. The summed E-state index contributed by atoms with van der Waals surface area (Å²) in [6.07, 6.45) is 1.16. The molecule has 2 rings (SSSR count). The number of nitrogens with zero attached hydrogens (tertiary/aromatic N) is 3. The van der Waals surface area contributed by atoms with Crippen LogP contribution in [0.3, 0.4) is 0 Å². The largest absolute Gasteiger partial charge is 0.352 e. The second-order valence-electron chi connectivity index (χ2n) is 8.85.